The molecule has 1 amide bonds. The van der Waals surface area contributed by atoms with Crippen molar-refractivity contribution in [1.29, 1.82) is 0 Å². The number of aliphatic hydroxyl groups excluding tert-OH is 1. The monoisotopic (exact) mass is 401 g/mol. The molecule has 0 bridgehead atoms. The predicted molar refractivity (Wildman–Crippen MR) is 107 cm³/mol. The van der Waals surface area contributed by atoms with Gasteiger partial charge in [-0.05, 0) is 18.2 Å². The number of para-hydroxylation sites is 1. The first-order valence-corrected chi connectivity index (χ1v) is 10.3. The minimum Gasteiger partial charge on any atom is -0.387 e. The highest BCUT2D eigenvalue weighted by Crippen LogP contribution is 2.27. The second kappa shape index (κ2) is 9.07. The maximum Gasteiger partial charge on any atom is 0.246 e. The first-order chi connectivity index (χ1) is 13.1. The van der Waals surface area contributed by atoms with Crippen LogP contribution in [-0.2, 0) is 17.8 Å². The number of Topliss-reactive ketones (excluding diaryl/α,β-unsaturated/α-hetero) is 1. The smallest absolute Gasteiger partial charge is 0.246 e. The number of nitrogens with zero attached hydrogens (tertiary/aromatic N) is 2. The van der Waals surface area contributed by atoms with E-state index in [1.54, 1.807) is 6.07 Å². The number of carbonyl (C=O) groups is 2. The largest absolute Gasteiger partial charge is 0.387 e. The van der Waals surface area contributed by atoms with Crippen molar-refractivity contribution in [3.63, 3.8) is 0 Å². The summed E-state index contributed by atoms with van der Waals surface area (Å²) in [7, 11) is 0. The fourth-order valence-corrected chi connectivity index (χ4v) is 4.33. The summed E-state index contributed by atoms with van der Waals surface area (Å²) in [6.07, 6.45) is 0.736. The maximum absolute atomic E-state index is 12.5. The van der Waals surface area contributed by atoms with E-state index in [0.29, 0.717) is 11.4 Å². The van der Waals surface area contributed by atoms with Crippen LogP contribution in [0.25, 0.3) is 10.9 Å². The van der Waals surface area contributed by atoms with Crippen LogP contribution in [0, 0.1) is 0 Å². The van der Waals surface area contributed by atoms with Crippen LogP contribution in [0.3, 0.4) is 0 Å². The summed E-state index contributed by atoms with van der Waals surface area (Å²) in [6.45, 7) is 1.77. The third-order valence-corrected chi connectivity index (χ3v) is 5.93. The highest BCUT2D eigenvalue weighted by Gasteiger charge is 2.13. The van der Waals surface area contributed by atoms with Gasteiger partial charge in [-0.3, -0.25) is 9.59 Å². The Labute approximate surface area is 165 Å². The Hall–Kier alpha value is -2.29. The molecule has 0 fully saturated rings. The second-order valence-corrected chi connectivity index (χ2v) is 7.86. The molecular weight excluding hydrogens is 382 g/mol. The van der Waals surface area contributed by atoms with Gasteiger partial charge in [-0.15, -0.1) is 11.3 Å². The van der Waals surface area contributed by atoms with E-state index >= 15 is 0 Å². The lowest BCUT2D eigenvalue weighted by atomic mass is 10.2. The summed E-state index contributed by atoms with van der Waals surface area (Å²) in [6, 6.07) is 11.4. The van der Waals surface area contributed by atoms with Gasteiger partial charge in [0.25, 0.3) is 0 Å². The summed E-state index contributed by atoms with van der Waals surface area (Å²) in [5.41, 5.74) is 0.886. The molecular formula is C19H19N3O3S2. The number of rotatable bonds is 8. The van der Waals surface area contributed by atoms with Crippen LogP contribution in [-0.4, -0.2) is 39.1 Å². The first kappa shape index (κ1) is 19.5. The van der Waals surface area contributed by atoms with Gasteiger partial charge in [0.2, 0.25) is 5.91 Å². The molecule has 0 spiro atoms. The molecule has 2 heterocycles. The Morgan fingerprint density at radius 1 is 1.19 bits per heavy atom. The van der Waals surface area contributed by atoms with Crippen LogP contribution in [0.2, 0.25) is 0 Å². The van der Waals surface area contributed by atoms with E-state index in [1.807, 2.05) is 37.3 Å². The molecule has 0 atom stereocenters. The first-order valence-electron chi connectivity index (χ1n) is 8.48. The molecule has 0 saturated carbocycles. The minimum absolute atomic E-state index is 0.0190. The van der Waals surface area contributed by atoms with Gasteiger partial charge < -0.3 is 10.4 Å². The van der Waals surface area contributed by atoms with Crippen molar-refractivity contribution in [3.05, 3.63) is 52.0 Å². The third kappa shape index (κ3) is 4.91. The normalized spacial score (nSPS) is 10.9. The van der Waals surface area contributed by atoms with Crippen molar-refractivity contribution >= 4 is 45.7 Å². The summed E-state index contributed by atoms with van der Waals surface area (Å²) >= 11 is 2.76. The molecule has 3 rings (SSSR count). The lowest BCUT2D eigenvalue weighted by molar-refractivity contribution is -0.123. The Morgan fingerprint density at radius 3 is 2.78 bits per heavy atom. The zero-order valence-corrected chi connectivity index (χ0v) is 16.4. The molecule has 1 aromatic carbocycles. The number of aromatic nitrogens is 2. The molecule has 2 aromatic heterocycles. The standard InChI is InChI=1S/C19H19N3O3S2/c1-2-17-21-14-6-4-3-5-13(14)19(22-17)26-11-15(24)16-8-7-12(27-16)9-20-18(25)10-23/h3-8,23H,2,9-11H2,1H3,(H,20,25). The van der Waals surface area contributed by atoms with Crippen LogP contribution in [0.15, 0.2) is 41.4 Å². The summed E-state index contributed by atoms with van der Waals surface area (Å²) in [5, 5.41) is 13.1. The molecule has 140 valence electrons. The Kier molecular flexibility index (Phi) is 6.54. The van der Waals surface area contributed by atoms with Gasteiger partial charge in [-0.1, -0.05) is 36.9 Å². The van der Waals surface area contributed by atoms with Crippen LogP contribution < -0.4 is 5.32 Å². The number of aliphatic hydroxyl groups is 1. The highest BCUT2D eigenvalue weighted by atomic mass is 32.2. The number of nitrogens with one attached hydrogen (secondary N) is 1. The van der Waals surface area contributed by atoms with Crippen LogP contribution in [0.1, 0.15) is 27.3 Å². The van der Waals surface area contributed by atoms with Gasteiger partial charge in [0.05, 0.1) is 22.7 Å². The molecule has 3 aromatic rings. The molecule has 27 heavy (non-hydrogen) atoms. The number of amides is 1. The number of ketones is 1. The molecule has 0 aliphatic rings. The van der Waals surface area contributed by atoms with Crippen LogP contribution in [0.4, 0.5) is 0 Å². The van der Waals surface area contributed by atoms with E-state index in [-0.39, 0.29) is 11.5 Å². The minimum atomic E-state index is -0.541. The van der Waals surface area contributed by atoms with Crippen molar-refractivity contribution in [2.45, 2.75) is 24.9 Å². The van der Waals surface area contributed by atoms with Gasteiger partial charge in [0.15, 0.2) is 5.78 Å². The SMILES string of the molecule is CCc1nc(SCC(=O)c2ccc(CNC(=O)CO)s2)c2ccccc2n1. The van der Waals surface area contributed by atoms with Gasteiger partial charge in [-0.25, -0.2) is 9.97 Å². The molecule has 0 unspecified atom stereocenters. The molecule has 2 N–H and O–H groups in total. The van der Waals surface area contributed by atoms with Crippen molar-refractivity contribution in [3.8, 4) is 0 Å². The lowest BCUT2D eigenvalue weighted by Crippen LogP contribution is -2.25. The Balaban J connectivity index is 1.68. The summed E-state index contributed by atoms with van der Waals surface area (Å²) in [4.78, 5) is 34.3. The van der Waals surface area contributed by atoms with E-state index in [9.17, 15) is 9.59 Å². The summed E-state index contributed by atoms with van der Waals surface area (Å²) < 4.78 is 0. The average molecular weight is 402 g/mol. The van der Waals surface area contributed by atoms with E-state index in [4.69, 9.17) is 5.11 Å². The number of thioether (sulfide) groups is 1. The van der Waals surface area contributed by atoms with Crippen molar-refractivity contribution in [2.75, 3.05) is 12.4 Å². The number of fused-ring (bicyclic) bond motifs is 1. The fraction of sp³-hybridized carbons (Fsp3) is 0.263. The predicted octanol–water partition coefficient (Wildman–Crippen LogP) is 2.84. The number of thiophene rings is 1. The zero-order chi connectivity index (χ0) is 19.2. The average Bonchev–Trinajstić information content (AvgIpc) is 3.18. The van der Waals surface area contributed by atoms with E-state index in [2.05, 4.69) is 15.3 Å². The van der Waals surface area contributed by atoms with Gasteiger partial charge in [-0.2, -0.15) is 0 Å². The Bertz CT molecular complexity index is 972. The number of hydrogen-bond acceptors (Lipinski definition) is 7. The molecule has 0 aliphatic carbocycles. The highest BCUT2D eigenvalue weighted by molar-refractivity contribution is 8.00. The van der Waals surface area contributed by atoms with Crippen molar-refractivity contribution < 1.29 is 14.7 Å². The number of aryl methyl sites for hydroxylation is 1. The quantitative estimate of drug-likeness (QED) is 0.343. The van der Waals surface area contributed by atoms with Crippen molar-refractivity contribution in [1.82, 2.24) is 15.3 Å². The van der Waals surface area contributed by atoms with Gasteiger partial charge in [0, 0.05) is 16.7 Å². The summed E-state index contributed by atoms with van der Waals surface area (Å²) in [5.74, 6) is 0.633. The zero-order valence-electron chi connectivity index (χ0n) is 14.8. The second-order valence-electron chi connectivity index (χ2n) is 5.73. The van der Waals surface area contributed by atoms with Gasteiger partial charge in [0.1, 0.15) is 17.5 Å². The van der Waals surface area contributed by atoms with E-state index < -0.39 is 12.5 Å². The van der Waals surface area contributed by atoms with Crippen LogP contribution >= 0.6 is 23.1 Å². The van der Waals surface area contributed by atoms with Crippen molar-refractivity contribution in [2.24, 2.45) is 0 Å². The Morgan fingerprint density at radius 2 is 2.00 bits per heavy atom. The van der Waals surface area contributed by atoms with E-state index in [1.165, 1.54) is 23.1 Å². The van der Waals surface area contributed by atoms with E-state index in [0.717, 1.165) is 33.1 Å². The lowest BCUT2D eigenvalue weighted by Gasteiger charge is -2.07. The fourth-order valence-electron chi connectivity index (χ4n) is 2.43. The number of hydrogen-bond donors (Lipinski definition) is 2. The molecule has 0 saturated heterocycles. The van der Waals surface area contributed by atoms with Crippen LogP contribution in [0.5, 0.6) is 0 Å². The maximum atomic E-state index is 12.5. The molecule has 6 nitrogen and oxygen atoms in total. The third-order valence-electron chi connectivity index (χ3n) is 3.81. The number of carbonyl (C=O) groups excluding carboxylic acids is 2. The number of benzene rings is 1. The van der Waals surface area contributed by atoms with Gasteiger partial charge >= 0.3 is 0 Å². The molecule has 8 heteroatoms. The topological polar surface area (TPSA) is 92.2 Å². The molecule has 0 aliphatic heterocycles. The molecule has 0 radical (unpaired) electrons.